The molecule has 1 aromatic heterocycles. The number of rotatable bonds is 8. The number of hydrogen-bond donors (Lipinski definition) is 3. The third-order valence-electron chi connectivity index (χ3n) is 6.56. The van der Waals surface area contributed by atoms with Crippen LogP contribution in [0.5, 0.6) is 0 Å². The average Bonchev–Trinajstić information content (AvgIpc) is 2.83. The van der Waals surface area contributed by atoms with Crippen LogP contribution in [0.15, 0.2) is 42.5 Å². The molecule has 0 spiro atoms. The molecule has 1 atom stereocenters. The van der Waals surface area contributed by atoms with Gasteiger partial charge in [0.1, 0.15) is 11.9 Å². The Morgan fingerprint density at radius 2 is 1.94 bits per heavy atom. The molecule has 3 N–H and O–H groups in total. The molecule has 176 valence electrons. The molecule has 8 heteroatoms. The zero-order valence-electron chi connectivity index (χ0n) is 18.7. The Morgan fingerprint density at radius 1 is 1.18 bits per heavy atom. The van der Waals surface area contributed by atoms with Crippen molar-refractivity contribution >= 4 is 17.7 Å². The summed E-state index contributed by atoms with van der Waals surface area (Å²) in [5.41, 5.74) is 0.888. The van der Waals surface area contributed by atoms with E-state index in [-0.39, 0.29) is 25.9 Å². The first-order valence-corrected chi connectivity index (χ1v) is 11.7. The molecule has 4 rings (SSSR count). The molecular formula is C25H31FN4O3. The number of hydrogen-bond acceptors (Lipinski definition) is 5. The minimum atomic E-state index is -1.97. The maximum atomic E-state index is 15.3. The number of aryl methyl sites for hydroxylation is 2. The largest absolute Gasteiger partial charge is 0.480 e. The Morgan fingerprint density at radius 3 is 2.67 bits per heavy atom. The first kappa shape index (κ1) is 23.2. The van der Waals surface area contributed by atoms with Crippen molar-refractivity contribution in [2.75, 3.05) is 31.5 Å². The van der Waals surface area contributed by atoms with Crippen molar-refractivity contribution in [1.82, 2.24) is 15.2 Å². The van der Waals surface area contributed by atoms with Crippen molar-refractivity contribution in [3.05, 3.63) is 59.3 Å². The standard InChI is InChI=1S/C25H31FN4O3/c26-25(12-16-30(17-13-25)21(23(31)32)18-6-2-1-3-7-18)24(33)28-15-5-9-20-11-10-19-8-4-14-27-22(19)29-20/h1-3,6-7,10-11,21H,4-5,8-9,12-17H2,(H,27,29)(H,28,33)(H,31,32). The molecule has 1 saturated heterocycles. The van der Waals surface area contributed by atoms with E-state index in [9.17, 15) is 14.7 Å². The maximum Gasteiger partial charge on any atom is 0.325 e. The third-order valence-corrected chi connectivity index (χ3v) is 6.56. The minimum absolute atomic E-state index is 0.0203. The molecule has 0 radical (unpaired) electrons. The quantitative estimate of drug-likeness (QED) is 0.531. The number of carboxylic acids is 1. The number of anilines is 1. The van der Waals surface area contributed by atoms with Gasteiger partial charge in [0, 0.05) is 44.7 Å². The lowest BCUT2D eigenvalue weighted by molar-refractivity contribution is -0.146. The lowest BCUT2D eigenvalue weighted by atomic mass is 9.90. The molecule has 0 saturated carbocycles. The summed E-state index contributed by atoms with van der Waals surface area (Å²) in [6.45, 7) is 1.74. The van der Waals surface area contributed by atoms with E-state index in [1.165, 1.54) is 5.56 Å². The number of halogens is 1. The SMILES string of the molecule is O=C(O)C(c1ccccc1)N1CCC(F)(C(=O)NCCCc2ccc3c(n2)NCCC3)CC1. The summed E-state index contributed by atoms with van der Waals surface area (Å²) >= 11 is 0. The number of nitrogens with zero attached hydrogens (tertiary/aromatic N) is 2. The molecule has 1 fully saturated rings. The number of nitrogens with one attached hydrogen (secondary N) is 2. The molecule has 33 heavy (non-hydrogen) atoms. The Labute approximate surface area is 193 Å². The third kappa shape index (κ3) is 5.50. The first-order valence-electron chi connectivity index (χ1n) is 11.7. The second-order valence-electron chi connectivity index (χ2n) is 8.85. The Kier molecular flexibility index (Phi) is 7.23. The number of alkyl halides is 1. The van der Waals surface area contributed by atoms with Gasteiger partial charge in [0.15, 0.2) is 5.67 Å². The van der Waals surface area contributed by atoms with Crippen LogP contribution in [0.2, 0.25) is 0 Å². The molecule has 0 bridgehead atoms. The van der Waals surface area contributed by atoms with Gasteiger partial charge in [0.05, 0.1) is 0 Å². The summed E-state index contributed by atoms with van der Waals surface area (Å²) in [7, 11) is 0. The van der Waals surface area contributed by atoms with Gasteiger partial charge in [0.25, 0.3) is 5.91 Å². The van der Waals surface area contributed by atoms with Crippen molar-refractivity contribution in [3.63, 3.8) is 0 Å². The highest BCUT2D eigenvalue weighted by molar-refractivity contribution is 5.85. The van der Waals surface area contributed by atoms with Crippen LogP contribution in [0.4, 0.5) is 10.2 Å². The normalized spacial score (nSPS) is 18.6. The van der Waals surface area contributed by atoms with E-state index in [0.717, 1.165) is 30.9 Å². The highest BCUT2D eigenvalue weighted by Crippen LogP contribution is 2.32. The second-order valence-corrected chi connectivity index (χ2v) is 8.85. The predicted molar refractivity (Wildman–Crippen MR) is 124 cm³/mol. The zero-order chi connectivity index (χ0) is 23.3. The van der Waals surface area contributed by atoms with Crippen LogP contribution in [0.3, 0.4) is 0 Å². The Hall–Kier alpha value is -3.00. The molecule has 2 aliphatic heterocycles. The molecule has 1 aromatic carbocycles. The van der Waals surface area contributed by atoms with Crippen LogP contribution in [-0.4, -0.2) is 58.7 Å². The van der Waals surface area contributed by atoms with Crippen molar-refractivity contribution in [2.24, 2.45) is 0 Å². The lowest BCUT2D eigenvalue weighted by Gasteiger charge is -2.38. The van der Waals surface area contributed by atoms with Gasteiger partial charge in [-0.2, -0.15) is 0 Å². The van der Waals surface area contributed by atoms with E-state index in [2.05, 4.69) is 21.7 Å². The molecule has 1 amide bonds. The van der Waals surface area contributed by atoms with E-state index in [1.807, 2.05) is 12.1 Å². The van der Waals surface area contributed by atoms with Crippen molar-refractivity contribution in [3.8, 4) is 0 Å². The van der Waals surface area contributed by atoms with Crippen LogP contribution >= 0.6 is 0 Å². The fourth-order valence-electron chi connectivity index (χ4n) is 4.65. The average molecular weight is 455 g/mol. The van der Waals surface area contributed by atoms with Gasteiger partial charge in [0.2, 0.25) is 0 Å². The van der Waals surface area contributed by atoms with Gasteiger partial charge in [-0.25, -0.2) is 9.37 Å². The number of aliphatic carboxylic acids is 1. The number of fused-ring (bicyclic) bond motifs is 1. The second kappa shape index (κ2) is 10.3. The van der Waals surface area contributed by atoms with Gasteiger partial charge in [-0.3, -0.25) is 14.5 Å². The van der Waals surface area contributed by atoms with Gasteiger partial charge < -0.3 is 15.7 Å². The number of carbonyl (C=O) groups is 2. The van der Waals surface area contributed by atoms with Crippen molar-refractivity contribution in [1.29, 1.82) is 0 Å². The monoisotopic (exact) mass is 454 g/mol. The highest BCUT2D eigenvalue weighted by atomic mass is 19.1. The first-order chi connectivity index (χ1) is 16.0. The van der Waals surface area contributed by atoms with Crippen LogP contribution in [0.1, 0.15) is 48.5 Å². The molecule has 7 nitrogen and oxygen atoms in total. The molecule has 3 heterocycles. The van der Waals surface area contributed by atoms with Gasteiger partial charge in [-0.05, 0) is 42.9 Å². The number of likely N-dealkylation sites (tertiary alicyclic amines) is 1. The van der Waals surface area contributed by atoms with Crippen molar-refractivity contribution in [2.45, 2.75) is 50.2 Å². The van der Waals surface area contributed by atoms with Gasteiger partial charge in [-0.1, -0.05) is 36.4 Å². The molecule has 0 aliphatic carbocycles. The number of amides is 1. The number of carboxylic acid groups (broad SMARTS) is 1. The summed E-state index contributed by atoms with van der Waals surface area (Å²) in [5, 5.41) is 15.7. The van der Waals surface area contributed by atoms with Crippen LogP contribution in [-0.2, 0) is 22.4 Å². The molecule has 1 unspecified atom stereocenters. The summed E-state index contributed by atoms with van der Waals surface area (Å²) in [4.78, 5) is 30.8. The zero-order valence-corrected chi connectivity index (χ0v) is 18.7. The number of carbonyl (C=O) groups excluding carboxylic acids is 1. The molecule has 2 aliphatic rings. The van der Waals surface area contributed by atoms with E-state index >= 15 is 4.39 Å². The summed E-state index contributed by atoms with van der Waals surface area (Å²) < 4.78 is 15.3. The Bertz CT molecular complexity index is 977. The van der Waals surface area contributed by atoms with Crippen molar-refractivity contribution < 1.29 is 19.1 Å². The van der Waals surface area contributed by atoms with Crippen LogP contribution in [0.25, 0.3) is 0 Å². The summed E-state index contributed by atoms with van der Waals surface area (Å²) in [5.74, 6) is -0.621. The maximum absolute atomic E-state index is 15.3. The molecular weight excluding hydrogens is 423 g/mol. The van der Waals surface area contributed by atoms with Gasteiger partial charge in [-0.15, -0.1) is 0 Å². The van der Waals surface area contributed by atoms with Crippen LogP contribution in [0, 0.1) is 0 Å². The molecule has 2 aromatic rings. The minimum Gasteiger partial charge on any atom is -0.480 e. The van der Waals surface area contributed by atoms with E-state index in [0.29, 0.717) is 24.9 Å². The lowest BCUT2D eigenvalue weighted by Crippen LogP contribution is -2.52. The number of benzene rings is 1. The number of pyridine rings is 1. The summed E-state index contributed by atoms with van der Waals surface area (Å²) in [6, 6.07) is 12.2. The van der Waals surface area contributed by atoms with E-state index in [1.54, 1.807) is 29.2 Å². The highest BCUT2D eigenvalue weighted by Gasteiger charge is 2.43. The van der Waals surface area contributed by atoms with E-state index in [4.69, 9.17) is 0 Å². The predicted octanol–water partition coefficient (Wildman–Crippen LogP) is 3.12. The number of aromatic nitrogens is 1. The van der Waals surface area contributed by atoms with Crippen LogP contribution < -0.4 is 10.6 Å². The topological polar surface area (TPSA) is 94.6 Å². The Balaban J connectivity index is 1.25. The fraction of sp³-hybridized carbons (Fsp3) is 0.480. The van der Waals surface area contributed by atoms with Gasteiger partial charge >= 0.3 is 5.97 Å². The fourth-order valence-corrected chi connectivity index (χ4v) is 4.65. The summed E-state index contributed by atoms with van der Waals surface area (Å²) in [6.07, 6.45) is 3.50. The smallest absolute Gasteiger partial charge is 0.325 e. The number of piperidine rings is 1. The van der Waals surface area contributed by atoms with E-state index < -0.39 is 23.6 Å².